The predicted molar refractivity (Wildman–Crippen MR) is 81.9 cm³/mol. The molecule has 3 nitrogen and oxygen atoms in total. The minimum Gasteiger partial charge on any atom is -0.378 e. The number of ether oxygens (including phenoxy) is 1. The van der Waals surface area contributed by atoms with Crippen molar-refractivity contribution in [3.63, 3.8) is 0 Å². The summed E-state index contributed by atoms with van der Waals surface area (Å²) < 4.78 is 5.77. The summed E-state index contributed by atoms with van der Waals surface area (Å²) in [6.45, 7) is 4.29. The second-order valence-electron chi connectivity index (χ2n) is 6.08. The van der Waals surface area contributed by atoms with Crippen molar-refractivity contribution < 1.29 is 4.74 Å². The zero-order valence-electron chi connectivity index (χ0n) is 12.5. The van der Waals surface area contributed by atoms with E-state index in [-0.39, 0.29) is 0 Å². The minimum atomic E-state index is 0.502. The van der Waals surface area contributed by atoms with Crippen LogP contribution in [0.1, 0.15) is 30.4 Å². The van der Waals surface area contributed by atoms with Gasteiger partial charge in [0.25, 0.3) is 0 Å². The van der Waals surface area contributed by atoms with Gasteiger partial charge >= 0.3 is 0 Å². The molecule has 0 bridgehead atoms. The van der Waals surface area contributed by atoms with Gasteiger partial charge in [0, 0.05) is 32.3 Å². The second-order valence-corrected chi connectivity index (χ2v) is 6.08. The van der Waals surface area contributed by atoms with Gasteiger partial charge in [0.1, 0.15) is 0 Å². The Hall–Kier alpha value is -0.900. The van der Waals surface area contributed by atoms with Crippen LogP contribution in [0.5, 0.6) is 0 Å². The van der Waals surface area contributed by atoms with E-state index in [0.717, 1.165) is 26.2 Å². The number of likely N-dealkylation sites (N-methyl/N-ethyl adjacent to an activating group) is 1. The van der Waals surface area contributed by atoms with Gasteiger partial charge in [-0.1, -0.05) is 24.3 Å². The zero-order chi connectivity index (χ0) is 13.8. The standard InChI is InChI=1S/C17H26N2O/c1-18-12-16-11-14-5-2-3-6-15(14)13-19(16)9-8-17-7-4-10-20-17/h2-3,5-6,16-18H,4,7-13H2,1H3. The van der Waals surface area contributed by atoms with Crippen LogP contribution in [0.15, 0.2) is 24.3 Å². The van der Waals surface area contributed by atoms with Crippen molar-refractivity contribution in [2.75, 3.05) is 26.7 Å². The normalized spacial score (nSPS) is 26.6. The fraction of sp³-hybridized carbons (Fsp3) is 0.647. The lowest BCUT2D eigenvalue weighted by molar-refractivity contribution is 0.0793. The molecule has 0 amide bonds. The highest BCUT2D eigenvalue weighted by molar-refractivity contribution is 5.30. The maximum Gasteiger partial charge on any atom is 0.0588 e. The first-order valence-electron chi connectivity index (χ1n) is 7.94. The fourth-order valence-electron chi connectivity index (χ4n) is 3.52. The molecule has 20 heavy (non-hydrogen) atoms. The monoisotopic (exact) mass is 274 g/mol. The van der Waals surface area contributed by atoms with Crippen LogP contribution < -0.4 is 5.32 Å². The Morgan fingerprint density at radius 1 is 1.30 bits per heavy atom. The molecule has 1 N–H and O–H groups in total. The summed E-state index contributed by atoms with van der Waals surface area (Å²) in [5.41, 5.74) is 3.04. The van der Waals surface area contributed by atoms with Crippen molar-refractivity contribution in [2.45, 2.75) is 44.4 Å². The van der Waals surface area contributed by atoms with Gasteiger partial charge in [0.05, 0.1) is 6.10 Å². The topological polar surface area (TPSA) is 24.5 Å². The number of rotatable bonds is 5. The summed E-state index contributed by atoms with van der Waals surface area (Å²) >= 11 is 0. The molecule has 0 aliphatic carbocycles. The average Bonchev–Trinajstić information content (AvgIpc) is 2.98. The van der Waals surface area contributed by atoms with Gasteiger partial charge in [-0.25, -0.2) is 0 Å². The van der Waals surface area contributed by atoms with Crippen LogP contribution in [0.25, 0.3) is 0 Å². The summed E-state index contributed by atoms with van der Waals surface area (Å²) in [5, 5.41) is 3.35. The molecule has 2 atom stereocenters. The maximum atomic E-state index is 5.77. The van der Waals surface area contributed by atoms with Gasteiger partial charge in [-0.3, -0.25) is 4.90 Å². The van der Waals surface area contributed by atoms with Gasteiger partial charge in [-0.15, -0.1) is 0 Å². The Morgan fingerprint density at radius 3 is 2.90 bits per heavy atom. The molecule has 2 aliphatic heterocycles. The molecular formula is C17H26N2O. The van der Waals surface area contributed by atoms with E-state index in [1.54, 1.807) is 0 Å². The van der Waals surface area contributed by atoms with Gasteiger partial charge in [-0.2, -0.15) is 0 Å². The molecule has 0 spiro atoms. The number of fused-ring (bicyclic) bond motifs is 1. The highest BCUT2D eigenvalue weighted by atomic mass is 16.5. The van der Waals surface area contributed by atoms with Gasteiger partial charge in [0.15, 0.2) is 0 Å². The molecule has 3 heteroatoms. The van der Waals surface area contributed by atoms with Crippen LogP contribution in [0, 0.1) is 0 Å². The number of hydrogen-bond donors (Lipinski definition) is 1. The highest BCUT2D eigenvalue weighted by Gasteiger charge is 2.26. The van der Waals surface area contributed by atoms with Crippen molar-refractivity contribution in [3.8, 4) is 0 Å². The molecule has 0 aromatic heterocycles. The first-order chi connectivity index (χ1) is 9.86. The summed E-state index contributed by atoms with van der Waals surface area (Å²) in [6.07, 6.45) is 5.35. The molecule has 1 aromatic carbocycles. The van der Waals surface area contributed by atoms with Crippen LogP contribution in [0.2, 0.25) is 0 Å². The van der Waals surface area contributed by atoms with Crippen LogP contribution in [0.3, 0.4) is 0 Å². The fourth-order valence-corrected chi connectivity index (χ4v) is 3.52. The van der Waals surface area contributed by atoms with Gasteiger partial charge in [-0.05, 0) is 43.9 Å². The first-order valence-corrected chi connectivity index (χ1v) is 7.94. The van der Waals surface area contributed by atoms with Gasteiger partial charge < -0.3 is 10.1 Å². The third-order valence-corrected chi connectivity index (χ3v) is 4.67. The van der Waals surface area contributed by atoms with Crippen LogP contribution in [0.4, 0.5) is 0 Å². The molecule has 1 saturated heterocycles. The van der Waals surface area contributed by atoms with Crippen LogP contribution in [-0.4, -0.2) is 43.8 Å². The van der Waals surface area contributed by atoms with Crippen molar-refractivity contribution in [3.05, 3.63) is 35.4 Å². The predicted octanol–water partition coefficient (Wildman–Crippen LogP) is 2.20. The number of nitrogens with zero attached hydrogens (tertiary/aromatic N) is 1. The Kier molecular flexibility index (Phi) is 4.71. The van der Waals surface area contributed by atoms with E-state index in [1.807, 2.05) is 0 Å². The van der Waals surface area contributed by atoms with Crippen molar-refractivity contribution in [1.29, 1.82) is 0 Å². The lowest BCUT2D eigenvalue weighted by Gasteiger charge is -2.37. The van der Waals surface area contributed by atoms with E-state index in [1.165, 1.54) is 36.8 Å². The largest absolute Gasteiger partial charge is 0.378 e. The average molecular weight is 274 g/mol. The van der Waals surface area contributed by atoms with Crippen molar-refractivity contribution >= 4 is 0 Å². The number of benzene rings is 1. The lowest BCUT2D eigenvalue weighted by Crippen LogP contribution is -2.46. The number of hydrogen-bond acceptors (Lipinski definition) is 3. The maximum absolute atomic E-state index is 5.77. The smallest absolute Gasteiger partial charge is 0.0588 e. The lowest BCUT2D eigenvalue weighted by atomic mass is 9.93. The third-order valence-electron chi connectivity index (χ3n) is 4.67. The minimum absolute atomic E-state index is 0.502. The van der Waals surface area contributed by atoms with E-state index in [0.29, 0.717) is 12.1 Å². The molecule has 1 fully saturated rings. The molecule has 2 heterocycles. The Morgan fingerprint density at radius 2 is 2.15 bits per heavy atom. The zero-order valence-corrected chi connectivity index (χ0v) is 12.5. The van der Waals surface area contributed by atoms with E-state index < -0.39 is 0 Å². The Balaban J connectivity index is 1.64. The first kappa shape index (κ1) is 14.1. The number of nitrogens with one attached hydrogen (secondary N) is 1. The molecular weight excluding hydrogens is 248 g/mol. The molecule has 2 aliphatic rings. The summed E-state index contributed by atoms with van der Waals surface area (Å²) in [7, 11) is 2.05. The van der Waals surface area contributed by atoms with E-state index >= 15 is 0 Å². The van der Waals surface area contributed by atoms with Crippen LogP contribution in [-0.2, 0) is 17.7 Å². The van der Waals surface area contributed by atoms with Crippen LogP contribution >= 0.6 is 0 Å². The van der Waals surface area contributed by atoms with Crippen molar-refractivity contribution in [1.82, 2.24) is 10.2 Å². The molecule has 0 radical (unpaired) electrons. The van der Waals surface area contributed by atoms with Gasteiger partial charge in [0.2, 0.25) is 0 Å². The SMILES string of the molecule is CNCC1Cc2ccccc2CN1CCC1CCCO1. The summed E-state index contributed by atoms with van der Waals surface area (Å²) in [6, 6.07) is 9.52. The Labute approximate surface area is 122 Å². The highest BCUT2D eigenvalue weighted by Crippen LogP contribution is 2.24. The third kappa shape index (κ3) is 3.22. The second kappa shape index (κ2) is 6.70. The van der Waals surface area contributed by atoms with E-state index in [4.69, 9.17) is 4.74 Å². The van der Waals surface area contributed by atoms with E-state index in [2.05, 4.69) is 41.5 Å². The molecule has 1 aromatic rings. The Bertz CT molecular complexity index is 429. The quantitative estimate of drug-likeness (QED) is 0.891. The van der Waals surface area contributed by atoms with Crippen molar-refractivity contribution in [2.24, 2.45) is 0 Å². The van der Waals surface area contributed by atoms with E-state index in [9.17, 15) is 0 Å². The molecule has 3 rings (SSSR count). The summed E-state index contributed by atoms with van der Waals surface area (Å²) in [5.74, 6) is 0. The molecule has 0 saturated carbocycles. The summed E-state index contributed by atoms with van der Waals surface area (Å²) in [4.78, 5) is 2.64. The molecule has 110 valence electrons. The molecule has 2 unspecified atom stereocenters.